The van der Waals surface area contributed by atoms with Gasteiger partial charge in [0.15, 0.2) is 0 Å². The van der Waals surface area contributed by atoms with E-state index >= 15 is 0 Å². The number of hydrogen-bond acceptors (Lipinski definition) is 2. The minimum atomic E-state index is -1.13. The SMILES string of the molecule is CC[C@](O)(c1ccccc1)[C@@H](Cc1cccc2ccccc12)N=C(c1ccccc1)c1ccccc1. The Labute approximate surface area is 213 Å². The second-order valence-corrected chi connectivity index (χ2v) is 9.21. The van der Waals surface area contributed by atoms with Gasteiger partial charge in [-0.25, -0.2) is 0 Å². The maximum absolute atomic E-state index is 12.3. The van der Waals surface area contributed by atoms with Gasteiger partial charge in [-0.1, -0.05) is 140 Å². The number of fused-ring (bicyclic) bond motifs is 1. The Hall–Kier alpha value is -4.01. The molecule has 0 spiro atoms. The van der Waals surface area contributed by atoms with E-state index in [-0.39, 0.29) is 0 Å². The van der Waals surface area contributed by atoms with Crippen molar-refractivity contribution in [1.29, 1.82) is 0 Å². The first-order chi connectivity index (χ1) is 17.7. The third-order valence-electron chi connectivity index (χ3n) is 7.04. The standard InChI is InChI=1S/C34H31NO/c1-2-34(36,30-22-10-5-11-23-30)32(25-29-21-14-20-26-15-12-13-24-31(26)29)35-33(27-16-6-3-7-17-27)28-18-8-4-9-19-28/h3-24,32,36H,2,25H2,1H3/t32-,34+/m1/s1. The highest BCUT2D eigenvalue weighted by atomic mass is 16.3. The van der Waals surface area contributed by atoms with Crippen LogP contribution >= 0.6 is 0 Å². The van der Waals surface area contributed by atoms with Crippen molar-refractivity contribution >= 4 is 16.5 Å². The summed E-state index contributed by atoms with van der Waals surface area (Å²) in [5, 5.41) is 14.7. The van der Waals surface area contributed by atoms with E-state index < -0.39 is 11.6 Å². The van der Waals surface area contributed by atoms with Crippen LogP contribution in [0.2, 0.25) is 0 Å². The van der Waals surface area contributed by atoms with Crippen LogP contribution in [0, 0.1) is 0 Å². The summed E-state index contributed by atoms with van der Waals surface area (Å²) in [4.78, 5) is 5.40. The monoisotopic (exact) mass is 469 g/mol. The van der Waals surface area contributed by atoms with Gasteiger partial charge in [-0.05, 0) is 34.7 Å². The third-order valence-corrected chi connectivity index (χ3v) is 7.04. The summed E-state index contributed by atoms with van der Waals surface area (Å²) in [6.07, 6.45) is 1.16. The van der Waals surface area contributed by atoms with E-state index in [1.54, 1.807) is 0 Å². The van der Waals surface area contributed by atoms with Crippen LogP contribution < -0.4 is 0 Å². The molecular formula is C34H31NO. The lowest BCUT2D eigenvalue weighted by atomic mass is 9.80. The molecule has 5 aromatic carbocycles. The van der Waals surface area contributed by atoms with Crippen molar-refractivity contribution < 1.29 is 5.11 Å². The molecule has 0 heterocycles. The lowest BCUT2D eigenvalue weighted by molar-refractivity contribution is 0.00652. The molecule has 0 aliphatic rings. The maximum atomic E-state index is 12.3. The van der Waals surface area contributed by atoms with Crippen molar-refractivity contribution in [1.82, 2.24) is 0 Å². The smallest absolute Gasteiger partial charge is 0.112 e. The van der Waals surface area contributed by atoms with Crippen LogP contribution in [0.1, 0.15) is 35.6 Å². The van der Waals surface area contributed by atoms with Crippen LogP contribution in [0.3, 0.4) is 0 Å². The molecule has 2 heteroatoms. The molecular weight excluding hydrogens is 438 g/mol. The van der Waals surface area contributed by atoms with E-state index in [9.17, 15) is 5.11 Å². The average Bonchev–Trinajstić information content (AvgIpc) is 2.96. The third kappa shape index (κ3) is 4.86. The van der Waals surface area contributed by atoms with Crippen molar-refractivity contribution in [3.05, 3.63) is 156 Å². The minimum absolute atomic E-state index is 0.397. The predicted molar refractivity (Wildman–Crippen MR) is 151 cm³/mol. The van der Waals surface area contributed by atoms with Gasteiger partial charge in [-0.3, -0.25) is 4.99 Å². The second-order valence-electron chi connectivity index (χ2n) is 9.21. The Bertz CT molecular complexity index is 1400. The lowest BCUT2D eigenvalue weighted by Crippen LogP contribution is -2.40. The normalized spacial score (nSPS) is 13.6. The van der Waals surface area contributed by atoms with E-state index in [0.717, 1.165) is 22.4 Å². The van der Waals surface area contributed by atoms with Gasteiger partial charge in [0.2, 0.25) is 0 Å². The summed E-state index contributed by atoms with van der Waals surface area (Å²) in [5.41, 5.74) is 3.92. The average molecular weight is 470 g/mol. The molecule has 0 aliphatic carbocycles. The van der Waals surface area contributed by atoms with Gasteiger partial charge in [0.25, 0.3) is 0 Å². The van der Waals surface area contributed by atoms with E-state index in [0.29, 0.717) is 12.8 Å². The van der Waals surface area contributed by atoms with Gasteiger partial charge in [-0.15, -0.1) is 0 Å². The molecule has 2 nitrogen and oxygen atoms in total. The van der Waals surface area contributed by atoms with E-state index in [2.05, 4.69) is 66.7 Å². The molecule has 5 aromatic rings. The van der Waals surface area contributed by atoms with Crippen LogP contribution in [0.4, 0.5) is 0 Å². The maximum Gasteiger partial charge on any atom is 0.112 e. The van der Waals surface area contributed by atoms with Gasteiger partial charge < -0.3 is 5.11 Å². The first-order valence-electron chi connectivity index (χ1n) is 12.6. The Morgan fingerprint density at radius 3 is 1.81 bits per heavy atom. The summed E-state index contributed by atoms with van der Waals surface area (Å²) in [6.45, 7) is 2.04. The summed E-state index contributed by atoms with van der Waals surface area (Å²) in [5.74, 6) is 0. The fraction of sp³-hybridized carbons (Fsp3) is 0.147. The van der Waals surface area contributed by atoms with Crippen molar-refractivity contribution in [2.24, 2.45) is 4.99 Å². The van der Waals surface area contributed by atoms with Crippen LogP contribution in [-0.2, 0) is 12.0 Å². The Balaban J connectivity index is 1.71. The lowest BCUT2D eigenvalue weighted by Gasteiger charge is -2.35. The first kappa shape index (κ1) is 23.7. The zero-order chi connectivity index (χ0) is 24.8. The molecule has 2 atom stereocenters. The first-order valence-corrected chi connectivity index (χ1v) is 12.6. The second kappa shape index (κ2) is 10.7. The number of nitrogens with zero attached hydrogens (tertiary/aromatic N) is 1. The minimum Gasteiger partial charge on any atom is -0.383 e. The molecule has 0 amide bonds. The molecule has 5 rings (SSSR count). The van der Waals surface area contributed by atoms with Crippen LogP contribution in [-0.4, -0.2) is 16.9 Å². The number of aliphatic hydroxyl groups is 1. The quantitative estimate of drug-likeness (QED) is 0.233. The van der Waals surface area contributed by atoms with E-state index in [4.69, 9.17) is 4.99 Å². The molecule has 36 heavy (non-hydrogen) atoms. The Morgan fingerprint density at radius 2 is 1.19 bits per heavy atom. The highest BCUT2D eigenvalue weighted by Crippen LogP contribution is 2.35. The van der Waals surface area contributed by atoms with E-state index in [1.807, 2.05) is 73.7 Å². The van der Waals surface area contributed by atoms with Gasteiger partial charge >= 0.3 is 0 Å². The zero-order valence-corrected chi connectivity index (χ0v) is 20.6. The number of hydrogen-bond donors (Lipinski definition) is 1. The van der Waals surface area contributed by atoms with Crippen LogP contribution in [0.25, 0.3) is 10.8 Å². The molecule has 178 valence electrons. The summed E-state index contributed by atoms with van der Waals surface area (Å²) in [7, 11) is 0. The predicted octanol–water partition coefficient (Wildman–Crippen LogP) is 7.59. The number of aliphatic imine (C=N–C) groups is 1. The van der Waals surface area contributed by atoms with Crippen LogP contribution in [0.5, 0.6) is 0 Å². The zero-order valence-electron chi connectivity index (χ0n) is 20.6. The fourth-order valence-electron chi connectivity index (χ4n) is 5.02. The Morgan fingerprint density at radius 1 is 0.667 bits per heavy atom. The Kier molecular flexibility index (Phi) is 7.06. The fourth-order valence-corrected chi connectivity index (χ4v) is 5.02. The van der Waals surface area contributed by atoms with Gasteiger partial charge in [-0.2, -0.15) is 0 Å². The van der Waals surface area contributed by atoms with Gasteiger partial charge in [0.05, 0.1) is 11.8 Å². The molecule has 0 saturated carbocycles. The molecule has 0 saturated heterocycles. The highest BCUT2D eigenvalue weighted by Gasteiger charge is 2.37. The van der Waals surface area contributed by atoms with Gasteiger partial charge in [0.1, 0.15) is 5.60 Å². The largest absolute Gasteiger partial charge is 0.383 e. The number of benzene rings is 5. The summed E-state index contributed by atoms with van der Waals surface area (Å²) in [6, 6.07) is 45.0. The molecule has 0 fully saturated rings. The topological polar surface area (TPSA) is 32.6 Å². The van der Waals surface area contributed by atoms with Crippen molar-refractivity contribution in [3.8, 4) is 0 Å². The van der Waals surface area contributed by atoms with E-state index in [1.165, 1.54) is 16.3 Å². The molecule has 0 radical (unpaired) electrons. The highest BCUT2D eigenvalue weighted by molar-refractivity contribution is 6.13. The summed E-state index contributed by atoms with van der Waals surface area (Å²) >= 11 is 0. The molecule has 0 unspecified atom stereocenters. The molecule has 0 aromatic heterocycles. The summed E-state index contributed by atoms with van der Waals surface area (Å²) < 4.78 is 0. The molecule has 1 N–H and O–H groups in total. The van der Waals surface area contributed by atoms with Crippen LogP contribution in [0.15, 0.2) is 138 Å². The molecule has 0 bridgehead atoms. The van der Waals surface area contributed by atoms with Gasteiger partial charge in [0, 0.05) is 11.1 Å². The van der Waals surface area contributed by atoms with Crippen molar-refractivity contribution in [2.45, 2.75) is 31.4 Å². The molecule has 0 aliphatic heterocycles. The van der Waals surface area contributed by atoms with Crippen molar-refractivity contribution in [2.75, 3.05) is 0 Å². The number of rotatable bonds is 8. The van der Waals surface area contributed by atoms with Crippen molar-refractivity contribution in [3.63, 3.8) is 0 Å².